The van der Waals surface area contributed by atoms with Crippen LogP contribution in [0.3, 0.4) is 0 Å². The largest absolute Gasteiger partial charge is 0.459 e. The first-order valence-electron chi connectivity index (χ1n) is 15.4. The number of anilines is 2. The summed E-state index contributed by atoms with van der Waals surface area (Å²) in [6.07, 6.45) is -4.63. The van der Waals surface area contributed by atoms with E-state index in [1.807, 2.05) is 29.2 Å². The Morgan fingerprint density at radius 3 is 1.80 bits per heavy atom. The van der Waals surface area contributed by atoms with E-state index in [-0.39, 0.29) is 17.7 Å². The molecule has 252 valence electrons. The van der Waals surface area contributed by atoms with Gasteiger partial charge in [0, 0.05) is 13.8 Å². The molecule has 0 aromatic heterocycles. The average Bonchev–Trinajstić information content (AvgIpc) is 3.48. The van der Waals surface area contributed by atoms with Gasteiger partial charge in [0.15, 0.2) is 18.4 Å². The van der Waals surface area contributed by atoms with Crippen LogP contribution in [0.2, 0.25) is 5.02 Å². The maximum Gasteiger partial charge on any atom is 0.338 e. The lowest BCUT2D eigenvalue weighted by molar-refractivity contribution is -0.0446. The molecule has 2 aliphatic heterocycles. The number of hydrogen-bond donors (Lipinski definition) is 0. The number of nitrogens with zero attached hydrogens (tertiary/aromatic N) is 1. The highest BCUT2D eigenvalue weighted by Crippen LogP contribution is 2.57. The molecule has 0 spiro atoms. The predicted octanol–water partition coefficient (Wildman–Crippen LogP) is 9.50. The normalized spacial score (nSPS) is 19.2. The quantitative estimate of drug-likeness (QED) is 0.112. The lowest BCUT2D eigenvalue weighted by Crippen LogP contribution is -2.47. The van der Waals surface area contributed by atoms with Crippen LogP contribution >= 0.6 is 55.2 Å². The van der Waals surface area contributed by atoms with Crippen molar-refractivity contribution in [2.45, 2.75) is 34.3 Å². The van der Waals surface area contributed by atoms with Gasteiger partial charge in [-0.2, -0.15) is 0 Å². The zero-order valence-corrected chi connectivity index (χ0v) is 30.7. The van der Waals surface area contributed by atoms with Crippen LogP contribution in [0.15, 0.2) is 140 Å². The van der Waals surface area contributed by atoms with Crippen molar-refractivity contribution in [3.63, 3.8) is 0 Å². The number of fused-ring (bicyclic) bond motifs is 2. The Morgan fingerprint density at radius 2 is 1.20 bits per heavy atom. The fraction of sp³-hybridized carbons (Fsp3) is 0.132. The molecule has 0 unspecified atom stereocenters. The summed E-state index contributed by atoms with van der Waals surface area (Å²) < 4.78 is 26.4. The number of para-hydroxylation sites is 1. The molecule has 0 amide bonds. The van der Waals surface area contributed by atoms with Crippen molar-refractivity contribution in [2.75, 3.05) is 11.5 Å². The molecule has 5 aromatic rings. The minimum Gasteiger partial charge on any atom is -0.459 e. The van der Waals surface area contributed by atoms with Gasteiger partial charge < -0.3 is 23.8 Å². The van der Waals surface area contributed by atoms with E-state index in [9.17, 15) is 14.4 Å². The Hall–Kier alpha value is -4.13. The van der Waals surface area contributed by atoms with Crippen LogP contribution in [0.5, 0.6) is 0 Å². The van der Waals surface area contributed by atoms with E-state index in [4.69, 9.17) is 30.5 Å². The zero-order valence-electron chi connectivity index (χ0n) is 25.9. The first-order valence-corrected chi connectivity index (χ1v) is 18.2. The van der Waals surface area contributed by atoms with Gasteiger partial charge in [0.2, 0.25) is 0 Å². The van der Waals surface area contributed by atoms with Gasteiger partial charge in [-0.15, -0.1) is 0 Å². The van der Waals surface area contributed by atoms with Crippen LogP contribution in [-0.2, 0) is 18.9 Å². The first kappa shape index (κ1) is 34.3. The Balaban J connectivity index is 1.35. The van der Waals surface area contributed by atoms with Crippen molar-refractivity contribution in [2.24, 2.45) is 0 Å². The second-order valence-electron chi connectivity index (χ2n) is 11.3. The number of carbonyl (C=O) groups excluding carboxylic acids is 3. The summed E-state index contributed by atoms with van der Waals surface area (Å²) in [5.74, 6) is -1.92. The van der Waals surface area contributed by atoms with Crippen LogP contribution in [0.4, 0.5) is 11.4 Å². The summed E-state index contributed by atoms with van der Waals surface area (Å²) in [4.78, 5) is 44.1. The molecule has 1 saturated heterocycles. The monoisotopic (exact) mass is 833 g/mol. The molecular formula is C38H26Br2ClNO7S. The van der Waals surface area contributed by atoms with E-state index in [0.29, 0.717) is 26.4 Å². The van der Waals surface area contributed by atoms with Gasteiger partial charge in [0.1, 0.15) is 12.7 Å². The molecule has 2 heterocycles. The van der Waals surface area contributed by atoms with E-state index in [1.54, 1.807) is 97.1 Å². The molecule has 12 heteroatoms. The van der Waals surface area contributed by atoms with Gasteiger partial charge in [0.25, 0.3) is 0 Å². The van der Waals surface area contributed by atoms with Crippen molar-refractivity contribution in [3.05, 3.63) is 152 Å². The Kier molecular flexibility index (Phi) is 10.3. The van der Waals surface area contributed by atoms with E-state index >= 15 is 0 Å². The fourth-order valence-corrected chi connectivity index (χ4v) is 8.48. The van der Waals surface area contributed by atoms with E-state index in [1.165, 1.54) is 11.8 Å². The molecule has 0 saturated carbocycles. The van der Waals surface area contributed by atoms with Gasteiger partial charge >= 0.3 is 17.9 Å². The Bertz CT molecular complexity index is 2060. The number of benzene rings is 5. The molecule has 5 aromatic carbocycles. The first-order chi connectivity index (χ1) is 24.3. The summed E-state index contributed by atoms with van der Waals surface area (Å²) >= 11 is 15.9. The molecule has 2 aliphatic rings. The van der Waals surface area contributed by atoms with Crippen LogP contribution in [-0.4, -0.2) is 49.1 Å². The number of halogens is 3. The van der Waals surface area contributed by atoms with Gasteiger partial charge in [-0.25, -0.2) is 14.4 Å². The fourth-order valence-electron chi connectivity index (χ4n) is 5.80. The highest BCUT2D eigenvalue weighted by molar-refractivity contribution is 9.11. The standard InChI is InChI=1S/C38H26Br2ClNO7S/c39-25-19-20-26(40)34-30(25)42(31-27(41)17-10-18-29(31)50-34)35-33(49-38(45)24-15-8-3-9-16-24)32(48-37(44)23-13-6-2-7-14-23)28(47-35)21-46-36(43)22-11-4-1-5-12-22/h1-20,28,32-33,35H,21H2/t28-,32-,33-,35-/m1/s1. The number of esters is 3. The number of rotatable bonds is 8. The van der Waals surface area contributed by atoms with Crippen molar-refractivity contribution >= 4 is 84.5 Å². The third-order valence-corrected chi connectivity index (χ3v) is 11.1. The molecule has 7 rings (SSSR count). The summed E-state index contributed by atoms with van der Waals surface area (Å²) in [6, 6.07) is 34.8. The minimum atomic E-state index is -1.23. The average molecular weight is 836 g/mol. The molecule has 8 nitrogen and oxygen atoms in total. The number of hydrogen-bond acceptors (Lipinski definition) is 9. The SMILES string of the molecule is O=C(OC[C@H]1O[C@@H](N2c3c(Cl)cccc3Sc3c(Br)ccc(Br)c32)[C@H](OC(=O)c2ccccc2)[C@@H]1OC(=O)c1ccccc1)c1ccccc1. The molecular weight excluding hydrogens is 810 g/mol. The van der Waals surface area contributed by atoms with Gasteiger partial charge in [-0.05, 0) is 92.5 Å². The van der Waals surface area contributed by atoms with Crippen LogP contribution in [0.25, 0.3) is 0 Å². The van der Waals surface area contributed by atoms with Crippen molar-refractivity contribution in [1.82, 2.24) is 0 Å². The number of carbonyl (C=O) groups is 3. The van der Waals surface area contributed by atoms with E-state index in [0.717, 1.165) is 14.3 Å². The third kappa shape index (κ3) is 6.93. The maximum absolute atomic E-state index is 13.8. The second kappa shape index (κ2) is 15.0. The molecule has 1 fully saturated rings. The van der Waals surface area contributed by atoms with Crippen molar-refractivity contribution < 1.29 is 33.3 Å². The zero-order chi connectivity index (χ0) is 34.8. The van der Waals surface area contributed by atoms with Crippen molar-refractivity contribution in [3.8, 4) is 0 Å². The highest BCUT2D eigenvalue weighted by atomic mass is 79.9. The molecule has 0 bridgehead atoms. The molecule has 50 heavy (non-hydrogen) atoms. The lowest BCUT2D eigenvalue weighted by atomic mass is 10.1. The highest BCUT2D eigenvalue weighted by Gasteiger charge is 2.54. The summed E-state index contributed by atoms with van der Waals surface area (Å²) in [5.41, 5.74) is 2.19. The van der Waals surface area contributed by atoms with Gasteiger partial charge in [-0.3, -0.25) is 0 Å². The smallest absolute Gasteiger partial charge is 0.338 e. The lowest BCUT2D eigenvalue weighted by Gasteiger charge is -2.39. The molecule has 0 N–H and O–H groups in total. The van der Waals surface area contributed by atoms with Gasteiger partial charge in [0.05, 0.1) is 38.0 Å². The predicted molar refractivity (Wildman–Crippen MR) is 196 cm³/mol. The molecule has 0 radical (unpaired) electrons. The van der Waals surface area contributed by atoms with Crippen LogP contribution in [0.1, 0.15) is 31.1 Å². The maximum atomic E-state index is 13.8. The second-order valence-corrected chi connectivity index (χ2v) is 14.4. The summed E-state index contributed by atoms with van der Waals surface area (Å²) in [5, 5.41) is 0.418. The molecule has 0 aliphatic carbocycles. The summed E-state index contributed by atoms with van der Waals surface area (Å²) in [7, 11) is 0. The molecule has 4 atom stereocenters. The number of ether oxygens (including phenoxy) is 4. The summed E-state index contributed by atoms with van der Waals surface area (Å²) in [6.45, 7) is -0.319. The van der Waals surface area contributed by atoms with Crippen LogP contribution < -0.4 is 4.90 Å². The van der Waals surface area contributed by atoms with E-state index in [2.05, 4.69) is 31.9 Å². The van der Waals surface area contributed by atoms with Crippen molar-refractivity contribution in [1.29, 1.82) is 0 Å². The van der Waals surface area contributed by atoms with E-state index < -0.39 is 42.4 Å². The van der Waals surface area contributed by atoms with Crippen LogP contribution in [0, 0.1) is 0 Å². The minimum absolute atomic E-state index is 0.281. The third-order valence-electron chi connectivity index (χ3n) is 8.11. The van der Waals surface area contributed by atoms with Gasteiger partial charge in [-0.1, -0.05) is 84.0 Å². The topological polar surface area (TPSA) is 91.4 Å². The Morgan fingerprint density at radius 1 is 0.660 bits per heavy atom. The Labute approximate surface area is 313 Å².